The molecule has 4 heteroatoms. The highest BCUT2D eigenvalue weighted by Gasteiger charge is 2.29. The maximum Gasteiger partial charge on any atom is 0.164 e. The van der Waals surface area contributed by atoms with Crippen molar-refractivity contribution in [1.82, 2.24) is 15.0 Å². The van der Waals surface area contributed by atoms with E-state index in [9.17, 15) is 5.26 Å². The third-order valence-electron chi connectivity index (χ3n) is 7.69. The van der Waals surface area contributed by atoms with Gasteiger partial charge < -0.3 is 0 Å². The molecule has 38 heavy (non-hydrogen) atoms. The Labute approximate surface area is 224 Å². The van der Waals surface area contributed by atoms with Crippen LogP contribution in [0.4, 0.5) is 0 Å². The van der Waals surface area contributed by atoms with Crippen LogP contribution in [0.25, 0.3) is 39.5 Å². The van der Waals surface area contributed by atoms with Crippen molar-refractivity contribution in [3.63, 3.8) is 0 Å². The van der Waals surface area contributed by atoms with E-state index in [-0.39, 0.29) is 0 Å². The van der Waals surface area contributed by atoms with Crippen LogP contribution in [0.2, 0.25) is 0 Å². The molecule has 2 aliphatic carbocycles. The van der Waals surface area contributed by atoms with Crippen molar-refractivity contribution < 1.29 is 0 Å². The zero-order valence-corrected chi connectivity index (χ0v) is 21.4. The first-order valence-corrected chi connectivity index (χ1v) is 13.6. The van der Waals surface area contributed by atoms with Crippen molar-refractivity contribution in [1.29, 1.82) is 5.26 Å². The second-order valence-corrected chi connectivity index (χ2v) is 10.1. The van der Waals surface area contributed by atoms with Crippen molar-refractivity contribution >= 4 is 5.57 Å². The van der Waals surface area contributed by atoms with Gasteiger partial charge in [0.2, 0.25) is 0 Å². The molecule has 186 valence electrons. The number of nitriles is 1. The van der Waals surface area contributed by atoms with E-state index in [1.807, 2.05) is 36.4 Å². The van der Waals surface area contributed by atoms with E-state index in [0.29, 0.717) is 29.0 Å². The van der Waals surface area contributed by atoms with E-state index in [1.54, 1.807) is 0 Å². The number of rotatable bonds is 5. The molecular formula is C34H30N4. The van der Waals surface area contributed by atoms with Gasteiger partial charge in [-0.25, -0.2) is 15.0 Å². The summed E-state index contributed by atoms with van der Waals surface area (Å²) in [4.78, 5) is 15.2. The van der Waals surface area contributed by atoms with Crippen LogP contribution in [0.5, 0.6) is 0 Å². The molecule has 0 saturated carbocycles. The molecule has 4 nitrogen and oxygen atoms in total. The second kappa shape index (κ2) is 10.9. The minimum Gasteiger partial charge on any atom is -0.209 e. The molecule has 0 fully saturated rings. The van der Waals surface area contributed by atoms with Crippen molar-refractivity contribution in [2.75, 3.05) is 0 Å². The van der Waals surface area contributed by atoms with Gasteiger partial charge in [-0.2, -0.15) is 5.26 Å². The highest BCUT2D eigenvalue weighted by molar-refractivity contribution is 5.81. The fourth-order valence-electron chi connectivity index (χ4n) is 5.81. The zero-order chi connectivity index (χ0) is 25.7. The molecule has 0 saturated heterocycles. The molecular weight excluding hydrogens is 464 g/mol. The number of hydrogen-bond acceptors (Lipinski definition) is 4. The molecule has 2 unspecified atom stereocenters. The number of aromatic nitrogens is 3. The largest absolute Gasteiger partial charge is 0.209 e. The summed E-state index contributed by atoms with van der Waals surface area (Å²) in [5.74, 6) is 2.97. The van der Waals surface area contributed by atoms with Crippen LogP contribution in [-0.2, 0) is 0 Å². The van der Waals surface area contributed by atoms with Crippen LogP contribution in [-0.4, -0.2) is 15.0 Å². The highest BCUT2D eigenvalue weighted by Crippen LogP contribution is 2.41. The predicted molar refractivity (Wildman–Crippen MR) is 153 cm³/mol. The topological polar surface area (TPSA) is 62.5 Å². The summed E-state index contributed by atoms with van der Waals surface area (Å²) in [7, 11) is 0. The smallest absolute Gasteiger partial charge is 0.164 e. The SMILES string of the molecule is N#Cc1cccc(-c2nc(C3=CCCCC3C3C=CCCC3)nc(-c3ccccc3-c3ccccc3)n2)c1. The lowest BCUT2D eigenvalue weighted by atomic mass is 9.74. The first-order valence-electron chi connectivity index (χ1n) is 13.6. The predicted octanol–water partition coefficient (Wildman–Crippen LogP) is 8.28. The van der Waals surface area contributed by atoms with Gasteiger partial charge in [0.05, 0.1) is 11.6 Å². The third-order valence-corrected chi connectivity index (χ3v) is 7.69. The van der Waals surface area contributed by atoms with Gasteiger partial charge in [0.25, 0.3) is 0 Å². The van der Waals surface area contributed by atoms with Gasteiger partial charge in [-0.05, 0) is 79.2 Å². The number of allylic oxidation sites excluding steroid dienone is 4. The summed E-state index contributed by atoms with van der Waals surface area (Å²) in [6, 6.07) is 28.5. The Kier molecular flexibility index (Phi) is 6.91. The molecule has 3 aromatic carbocycles. The Morgan fingerprint density at radius 2 is 1.42 bits per heavy atom. The van der Waals surface area contributed by atoms with E-state index in [0.717, 1.165) is 40.9 Å². The van der Waals surface area contributed by atoms with Crippen molar-refractivity contribution in [2.45, 2.75) is 38.5 Å². The number of hydrogen-bond donors (Lipinski definition) is 0. The third kappa shape index (κ3) is 4.93. The quantitative estimate of drug-likeness (QED) is 0.262. The van der Waals surface area contributed by atoms with Crippen LogP contribution in [0.15, 0.2) is 97.1 Å². The minimum absolute atomic E-state index is 0.415. The lowest BCUT2D eigenvalue weighted by Crippen LogP contribution is -2.20. The van der Waals surface area contributed by atoms with E-state index < -0.39 is 0 Å². The molecule has 0 radical (unpaired) electrons. The van der Waals surface area contributed by atoms with Gasteiger partial charge in [0, 0.05) is 11.1 Å². The van der Waals surface area contributed by atoms with Gasteiger partial charge in [0.15, 0.2) is 17.5 Å². The van der Waals surface area contributed by atoms with E-state index in [2.05, 4.69) is 66.8 Å². The fourth-order valence-corrected chi connectivity index (χ4v) is 5.81. The van der Waals surface area contributed by atoms with E-state index in [1.165, 1.54) is 31.3 Å². The lowest BCUT2D eigenvalue weighted by molar-refractivity contribution is 0.392. The molecule has 2 atom stereocenters. The van der Waals surface area contributed by atoms with Gasteiger partial charge in [-0.1, -0.05) is 85.0 Å². The Morgan fingerprint density at radius 1 is 0.684 bits per heavy atom. The van der Waals surface area contributed by atoms with Crippen molar-refractivity contribution in [3.05, 3.63) is 108 Å². The first-order chi connectivity index (χ1) is 18.8. The summed E-state index contributed by atoms with van der Waals surface area (Å²) < 4.78 is 0. The molecule has 1 aromatic heterocycles. The summed E-state index contributed by atoms with van der Waals surface area (Å²) in [5, 5.41) is 9.52. The van der Waals surface area contributed by atoms with Crippen LogP contribution >= 0.6 is 0 Å². The molecule has 0 amide bonds. The second-order valence-electron chi connectivity index (χ2n) is 10.1. The zero-order valence-electron chi connectivity index (χ0n) is 21.4. The van der Waals surface area contributed by atoms with Gasteiger partial charge in [0.1, 0.15) is 0 Å². The van der Waals surface area contributed by atoms with Crippen LogP contribution < -0.4 is 0 Å². The minimum atomic E-state index is 0.415. The van der Waals surface area contributed by atoms with Crippen LogP contribution in [0.3, 0.4) is 0 Å². The summed E-state index contributed by atoms with van der Waals surface area (Å²) in [5.41, 5.74) is 5.86. The van der Waals surface area contributed by atoms with E-state index in [4.69, 9.17) is 15.0 Å². The van der Waals surface area contributed by atoms with Crippen LogP contribution in [0, 0.1) is 23.2 Å². The monoisotopic (exact) mass is 494 g/mol. The normalized spacial score (nSPS) is 19.0. The van der Waals surface area contributed by atoms with Crippen molar-refractivity contribution in [2.24, 2.45) is 11.8 Å². The molecule has 6 rings (SSSR count). The number of nitrogens with zero attached hydrogens (tertiary/aromatic N) is 4. The summed E-state index contributed by atoms with van der Waals surface area (Å²) >= 11 is 0. The van der Waals surface area contributed by atoms with Gasteiger partial charge in [-0.15, -0.1) is 0 Å². The Hall–Kier alpha value is -4.36. The Bertz CT molecular complexity index is 1540. The standard InChI is InChI=1S/C34H30N4/c35-23-24-12-11-17-27(22-24)32-36-33(30-20-9-7-18-28(30)25-13-3-1-4-14-25)38-34(37-32)31-21-10-8-19-29(31)26-15-5-2-6-16-26/h1,3-5,7,9,11-15,17-18,20-22,26,29H,2,6,8,10,16,19H2. The molecule has 0 aliphatic heterocycles. The van der Waals surface area contributed by atoms with E-state index >= 15 is 0 Å². The van der Waals surface area contributed by atoms with Crippen LogP contribution in [0.1, 0.15) is 49.9 Å². The lowest BCUT2D eigenvalue weighted by Gasteiger charge is -2.31. The average Bonchev–Trinajstić information content (AvgIpc) is 3.02. The van der Waals surface area contributed by atoms with Gasteiger partial charge >= 0.3 is 0 Å². The molecule has 0 spiro atoms. The van der Waals surface area contributed by atoms with Gasteiger partial charge in [-0.3, -0.25) is 0 Å². The number of benzene rings is 3. The Morgan fingerprint density at radius 3 is 2.24 bits per heavy atom. The Balaban J connectivity index is 1.53. The summed E-state index contributed by atoms with van der Waals surface area (Å²) in [6.07, 6.45) is 14.1. The molecule has 1 heterocycles. The molecule has 0 N–H and O–H groups in total. The maximum absolute atomic E-state index is 9.52. The van der Waals surface area contributed by atoms with Crippen molar-refractivity contribution in [3.8, 4) is 40.0 Å². The fraction of sp³-hybridized carbons (Fsp3) is 0.235. The molecule has 0 bridgehead atoms. The maximum atomic E-state index is 9.52. The first kappa shape index (κ1) is 24.0. The summed E-state index contributed by atoms with van der Waals surface area (Å²) in [6.45, 7) is 0. The highest BCUT2D eigenvalue weighted by atomic mass is 15.0. The average molecular weight is 495 g/mol. The molecule has 4 aromatic rings. The molecule has 2 aliphatic rings.